The van der Waals surface area contributed by atoms with Crippen LogP contribution < -0.4 is 10.0 Å². The van der Waals surface area contributed by atoms with Crippen molar-refractivity contribution in [3.8, 4) is 0 Å². The minimum absolute atomic E-state index is 0.0181. The molecule has 0 aliphatic carbocycles. The van der Waals surface area contributed by atoms with Crippen molar-refractivity contribution in [2.45, 2.75) is 52.7 Å². The number of hydrogen-bond donors (Lipinski definition) is 2. The summed E-state index contributed by atoms with van der Waals surface area (Å²) >= 11 is 0. The number of esters is 1. The summed E-state index contributed by atoms with van der Waals surface area (Å²) in [4.78, 5) is 38.0. The SMILES string of the molecule is CC1=C(C(=O)CS(=O)(=O)NC(C)C)[C@H](c2cccc([N+](=O)[O-])c2)C(C(=O)O[C@@H](C)c2ccccc2)=C(C)N1. The first-order valence-corrected chi connectivity index (χ1v) is 13.7. The minimum atomic E-state index is -3.99. The fourth-order valence-corrected chi connectivity index (χ4v) is 5.76. The summed E-state index contributed by atoms with van der Waals surface area (Å²) in [6, 6.07) is 14.2. The number of non-ortho nitro benzene ring substituents is 1. The Morgan fingerprint density at radius 1 is 1.03 bits per heavy atom. The summed E-state index contributed by atoms with van der Waals surface area (Å²) in [6.45, 7) is 8.21. The van der Waals surface area contributed by atoms with Crippen LogP contribution in [0.4, 0.5) is 5.69 Å². The van der Waals surface area contributed by atoms with E-state index in [0.717, 1.165) is 5.56 Å². The molecule has 0 radical (unpaired) electrons. The van der Waals surface area contributed by atoms with Crippen LogP contribution in [0.1, 0.15) is 57.8 Å². The highest BCUT2D eigenvalue weighted by atomic mass is 32.2. The van der Waals surface area contributed by atoms with Crippen LogP contribution >= 0.6 is 0 Å². The Labute approximate surface area is 222 Å². The molecule has 1 aliphatic rings. The van der Waals surface area contributed by atoms with Crippen LogP contribution in [-0.2, 0) is 24.3 Å². The van der Waals surface area contributed by atoms with Crippen LogP contribution in [0.15, 0.2) is 77.1 Å². The first-order chi connectivity index (χ1) is 17.8. The number of benzene rings is 2. The second-order valence-corrected chi connectivity index (χ2v) is 11.2. The van der Waals surface area contributed by atoms with Crippen LogP contribution in [0.2, 0.25) is 0 Å². The van der Waals surface area contributed by atoms with E-state index < -0.39 is 50.5 Å². The molecular formula is C27H31N3O7S. The number of nitrogens with zero attached hydrogens (tertiary/aromatic N) is 1. The minimum Gasteiger partial charge on any atom is -0.454 e. The lowest BCUT2D eigenvalue weighted by molar-refractivity contribution is -0.384. The number of hydrogen-bond acceptors (Lipinski definition) is 8. The third-order valence-electron chi connectivity index (χ3n) is 5.98. The van der Waals surface area contributed by atoms with Crippen LogP contribution in [0.3, 0.4) is 0 Å². The standard InChI is InChI=1S/C27H31N3O7S/c1-16(2)29-38(35,36)15-23(31)24-17(3)28-18(4)25(26(24)21-12-9-13-22(14-21)30(33)34)27(32)37-19(5)20-10-7-6-8-11-20/h6-14,16,19,26,28-29H,15H2,1-5H3/t19-,26-/m0/s1. The van der Waals surface area contributed by atoms with Crippen molar-refractivity contribution in [2.24, 2.45) is 0 Å². The summed E-state index contributed by atoms with van der Waals surface area (Å²) < 4.78 is 33.3. The lowest BCUT2D eigenvalue weighted by Crippen LogP contribution is -2.38. The number of dihydropyridines is 1. The summed E-state index contributed by atoms with van der Waals surface area (Å²) in [6.07, 6.45) is -0.628. The van der Waals surface area contributed by atoms with Crippen molar-refractivity contribution in [3.05, 3.63) is 98.4 Å². The topological polar surface area (TPSA) is 145 Å². The normalized spacial score (nSPS) is 16.7. The zero-order chi connectivity index (χ0) is 28.2. The van der Waals surface area contributed by atoms with Gasteiger partial charge in [0.25, 0.3) is 5.69 Å². The van der Waals surface area contributed by atoms with Crippen molar-refractivity contribution in [3.63, 3.8) is 0 Å². The predicted molar refractivity (Wildman–Crippen MR) is 142 cm³/mol. The Balaban J connectivity index is 2.10. The number of nitro benzene ring substituents is 1. The zero-order valence-corrected chi connectivity index (χ0v) is 22.7. The first-order valence-electron chi connectivity index (χ1n) is 12.0. The molecule has 2 atom stereocenters. The van der Waals surface area contributed by atoms with Gasteiger partial charge >= 0.3 is 5.97 Å². The molecule has 1 aliphatic heterocycles. The van der Waals surface area contributed by atoms with Crippen molar-refractivity contribution in [1.29, 1.82) is 0 Å². The molecule has 2 aromatic carbocycles. The monoisotopic (exact) mass is 541 g/mol. The van der Waals surface area contributed by atoms with Gasteiger partial charge in [-0.05, 0) is 45.7 Å². The van der Waals surface area contributed by atoms with Gasteiger partial charge in [-0.1, -0.05) is 42.5 Å². The Bertz CT molecular complexity index is 1410. The van der Waals surface area contributed by atoms with Crippen molar-refractivity contribution in [1.82, 2.24) is 10.0 Å². The largest absolute Gasteiger partial charge is 0.454 e. The number of Topliss-reactive ketones (excluding diaryl/α,β-unsaturated/α-hetero) is 1. The van der Waals surface area contributed by atoms with Crippen LogP contribution in [-0.4, -0.2) is 36.9 Å². The fraction of sp³-hybridized carbons (Fsp3) is 0.333. The third kappa shape index (κ3) is 6.73. The molecule has 2 aromatic rings. The van der Waals surface area contributed by atoms with Gasteiger partial charge in [0.1, 0.15) is 11.9 Å². The fourth-order valence-electron chi connectivity index (χ4n) is 4.45. The van der Waals surface area contributed by atoms with E-state index in [9.17, 15) is 28.1 Å². The molecule has 2 N–H and O–H groups in total. The van der Waals surface area contributed by atoms with E-state index in [0.29, 0.717) is 11.4 Å². The number of nitro groups is 1. The second kappa shape index (κ2) is 11.7. The number of carbonyl (C=O) groups is 2. The van der Waals surface area contributed by atoms with Gasteiger partial charge in [0.05, 0.1) is 10.5 Å². The van der Waals surface area contributed by atoms with Gasteiger partial charge < -0.3 is 10.1 Å². The highest BCUT2D eigenvalue weighted by Gasteiger charge is 2.39. The van der Waals surface area contributed by atoms with E-state index in [4.69, 9.17) is 4.74 Å². The lowest BCUT2D eigenvalue weighted by atomic mass is 9.79. The van der Waals surface area contributed by atoms with Gasteiger partial charge in [0.2, 0.25) is 10.0 Å². The third-order valence-corrected chi connectivity index (χ3v) is 7.46. The summed E-state index contributed by atoms with van der Waals surface area (Å²) in [5.41, 5.74) is 1.63. The molecule has 10 nitrogen and oxygen atoms in total. The molecule has 11 heteroatoms. The number of rotatable bonds is 10. The second-order valence-electron chi connectivity index (χ2n) is 9.40. The van der Waals surface area contributed by atoms with Crippen molar-refractivity contribution >= 4 is 27.5 Å². The van der Waals surface area contributed by atoms with Gasteiger partial charge in [-0.15, -0.1) is 0 Å². The Morgan fingerprint density at radius 3 is 2.26 bits per heavy atom. The number of ketones is 1. The van der Waals surface area contributed by atoms with E-state index in [1.165, 1.54) is 18.2 Å². The van der Waals surface area contributed by atoms with Gasteiger partial charge in [0.15, 0.2) is 5.78 Å². The maximum Gasteiger partial charge on any atom is 0.337 e. The smallest absolute Gasteiger partial charge is 0.337 e. The summed E-state index contributed by atoms with van der Waals surface area (Å²) in [5.74, 6) is -3.42. The summed E-state index contributed by atoms with van der Waals surface area (Å²) in [7, 11) is -3.99. The molecule has 38 heavy (non-hydrogen) atoms. The van der Waals surface area contributed by atoms with E-state index in [1.807, 2.05) is 30.3 Å². The molecule has 3 rings (SSSR count). The van der Waals surface area contributed by atoms with E-state index in [2.05, 4.69) is 10.0 Å². The van der Waals surface area contributed by atoms with Crippen molar-refractivity contribution in [2.75, 3.05) is 5.75 Å². The average Bonchev–Trinajstić information content (AvgIpc) is 2.82. The van der Waals surface area contributed by atoms with Gasteiger partial charge in [-0.3, -0.25) is 14.9 Å². The van der Waals surface area contributed by atoms with Crippen LogP contribution in [0.25, 0.3) is 0 Å². The molecule has 0 aromatic heterocycles. The number of sulfonamides is 1. The van der Waals surface area contributed by atoms with Gasteiger partial charge in [-0.25, -0.2) is 17.9 Å². The Kier molecular flexibility index (Phi) is 8.85. The lowest BCUT2D eigenvalue weighted by Gasteiger charge is -2.31. The molecule has 202 valence electrons. The molecule has 1 heterocycles. The molecule has 0 spiro atoms. The molecule has 0 amide bonds. The quantitative estimate of drug-likeness (QED) is 0.261. The van der Waals surface area contributed by atoms with Gasteiger partial charge in [0, 0.05) is 41.1 Å². The Morgan fingerprint density at radius 2 is 1.66 bits per heavy atom. The molecular weight excluding hydrogens is 510 g/mol. The van der Waals surface area contributed by atoms with Crippen molar-refractivity contribution < 1.29 is 27.7 Å². The zero-order valence-electron chi connectivity index (χ0n) is 21.8. The number of carbonyl (C=O) groups excluding carboxylic acids is 2. The highest BCUT2D eigenvalue weighted by Crippen LogP contribution is 2.40. The Hall–Kier alpha value is -3.83. The maximum atomic E-state index is 13.6. The van der Waals surface area contributed by atoms with Crippen LogP contribution in [0.5, 0.6) is 0 Å². The van der Waals surface area contributed by atoms with E-state index >= 15 is 0 Å². The average molecular weight is 542 g/mol. The number of allylic oxidation sites excluding steroid dienone is 3. The molecule has 0 unspecified atom stereocenters. The summed E-state index contributed by atoms with van der Waals surface area (Å²) in [5, 5.41) is 14.5. The van der Waals surface area contributed by atoms with Crippen LogP contribution in [0, 0.1) is 10.1 Å². The molecule has 0 saturated carbocycles. The molecule has 0 bridgehead atoms. The first kappa shape index (κ1) is 28.7. The molecule has 0 fully saturated rings. The number of ether oxygens (including phenoxy) is 1. The maximum absolute atomic E-state index is 13.6. The highest BCUT2D eigenvalue weighted by molar-refractivity contribution is 7.90. The molecule has 0 saturated heterocycles. The number of nitrogens with one attached hydrogen (secondary N) is 2. The van der Waals surface area contributed by atoms with E-state index in [1.54, 1.807) is 40.7 Å². The predicted octanol–water partition coefficient (Wildman–Crippen LogP) is 4.03. The van der Waals surface area contributed by atoms with Gasteiger partial charge in [-0.2, -0.15) is 0 Å². The van der Waals surface area contributed by atoms with E-state index in [-0.39, 0.29) is 22.4 Å².